The highest BCUT2D eigenvalue weighted by Crippen LogP contribution is 2.27. The average molecular weight is 614 g/mol. The lowest BCUT2D eigenvalue weighted by molar-refractivity contribution is -0.139. The van der Waals surface area contributed by atoms with Crippen LogP contribution >= 0.6 is 23.2 Å². The fraction of sp³-hybridized carbons (Fsp3) is 0.259. The lowest BCUT2D eigenvalue weighted by atomic mass is 10.0. The van der Waals surface area contributed by atoms with E-state index < -0.39 is 29.6 Å². The van der Waals surface area contributed by atoms with Crippen molar-refractivity contribution in [2.75, 3.05) is 18.4 Å². The largest absolute Gasteiger partial charge is 0.480 e. The van der Waals surface area contributed by atoms with Gasteiger partial charge in [-0.15, -0.1) is 0 Å². The van der Waals surface area contributed by atoms with Crippen LogP contribution in [0.3, 0.4) is 0 Å². The predicted octanol–water partition coefficient (Wildman–Crippen LogP) is 3.01. The van der Waals surface area contributed by atoms with Crippen molar-refractivity contribution < 1.29 is 19.5 Å². The quantitative estimate of drug-likeness (QED) is 0.212. The zero-order chi connectivity index (χ0) is 30.0. The van der Waals surface area contributed by atoms with Crippen molar-refractivity contribution >= 4 is 58.0 Å². The summed E-state index contributed by atoms with van der Waals surface area (Å²) < 4.78 is 1.69. The molecule has 0 spiro atoms. The Balaban J connectivity index is 1.27. The number of carbonyl (C=O) groups is 3. The van der Waals surface area contributed by atoms with Gasteiger partial charge in [0.1, 0.15) is 11.9 Å². The number of carboxylic acid groups (broad SMARTS) is 1. The number of nitrogens with one attached hydrogen (secondary N) is 4. The van der Waals surface area contributed by atoms with Crippen molar-refractivity contribution in [3.8, 4) is 0 Å². The number of halogens is 2. The summed E-state index contributed by atoms with van der Waals surface area (Å²) >= 11 is 12.2. The number of benzene rings is 2. The number of amides is 3. The second-order valence-electron chi connectivity index (χ2n) is 9.71. The molecule has 0 aliphatic carbocycles. The Morgan fingerprint density at radius 3 is 2.43 bits per heavy atom. The number of hydrogen-bond donors (Lipinski definition) is 5. The number of likely N-dealkylation sites (tertiary alicyclic amines) is 1. The molecule has 1 unspecified atom stereocenters. The molecule has 1 aliphatic heterocycles. The van der Waals surface area contributed by atoms with Crippen molar-refractivity contribution in [1.29, 1.82) is 0 Å². The molecule has 1 aliphatic rings. The molecule has 1 fully saturated rings. The van der Waals surface area contributed by atoms with Gasteiger partial charge in [0.05, 0.1) is 26.6 Å². The highest BCUT2D eigenvalue weighted by atomic mass is 35.5. The number of aromatic amines is 2. The van der Waals surface area contributed by atoms with Gasteiger partial charge in [-0.3, -0.25) is 9.36 Å². The Bertz CT molecular complexity index is 1770. The van der Waals surface area contributed by atoms with Crippen LogP contribution in [0, 0.1) is 0 Å². The van der Waals surface area contributed by atoms with Gasteiger partial charge in [-0.05, 0) is 37.1 Å². The minimum Gasteiger partial charge on any atom is -0.480 e. The molecular formula is C27H25Cl2N7O6. The third-order valence-electron chi connectivity index (χ3n) is 7.07. The molecule has 1 atom stereocenters. The molecule has 0 radical (unpaired) electrons. The Kier molecular flexibility index (Phi) is 8.31. The standard InChI is InChI=1S/C27H25Cl2N7O6/c28-16-4-3-5-17(29)21(16)23(37)33-22-14(13-30-25(40)34-22)12-19(24(38)39)32-26(41)35-10-8-15(9-11-35)36-20-7-2-1-6-18(20)31-27(36)42/h1-7,13,15,19H,8-12H2,(H,31,42)(H,32,41)(H,38,39)(H2,30,33,34,37,40). The smallest absolute Gasteiger partial charge is 0.346 e. The lowest BCUT2D eigenvalue weighted by Crippen LogP contribution is -2.51. The number of rotatable bonds is 7. The zero-order valence-corrected chi connectivity index (χ0v) is 23.4. The second-order valence-corrected chi connectivity index (χ2v) is 10.5. The molecule has 42 heavy (non-hydrogen) atoms. The van der Waals surface area contributed by atoms with Crippen LogP contribution < -0.4 is 22.0 Å². The Hall–Kier alpha value is -4.62. The number of fused-ring (bicyclic) bond motifs is 1. The molecular weight excluding hydrogens is 589 g/mol. The normalized spacial score (nSPS) is 14.5. The summed E-state index contributed by atoms with van der Waals surface area (Å²) in [4.78, 5) is 73.0. The van der Waals surface area contributed by atoms with Crippen LogP contribution in [0.1, 0.15) is 34.8 Å². The second kappa shape index (κ2) is 12.1. The first-order valence-electron chi connectivity index (χ1n) is 12.9. The van der Waals surface area contributed by atoms with Crippen LogP contribution in [-0.2, 0) is 11.2 Å². The topological polar surface area (TPSA) is 182 Å². The maximum absolute atomic E-state index is 13.1. The third kappa shape index (κ3) is 6.02. The number of hydrogen-bond acceptors (Lipinski definition) is 6. The number of carboxylic acids is 1. The Morgan fingerprint density at radius 2 is 1.74 bits per heavy atom. The van der Waals surface area contributed by atoms with Gasteiger partial charge < -0.3 is 30.6 Å². The number of imidazole rings is 1. The van der Waals surface area contributed by atoms with Gasteiger partial charge in [0.2, 0.25) is 0 Å². The molecule has 218 valence electrons. The average Bonchev–Trinajstić information content (AvgIpc) is 3.29. The van der Waals surface area contributed by atoms with E-state index >= 15 is 0 Å². The summed E-state index contributed by atoms with van der Waals surface area (Å²) in [6, 6.07) is 9.71. The van der Waals surface area contributed by atoms with E-state index in [1.165, 1.54) is 23.2 Å². The molecule has 4 aromatic rings. The van der Waals surface area contributed by atoms with Crippen molar-refractivity contribution in [2.45, 2.75) is 31.3 Å². The summed E-state index contributed by atoms with van der Waals surface area (Å²) in [5, 5.41) is 15.0. The number of piperidine rings is 1. The molecule has 5 N–H and O–H groups in total. The first-order valence-corrected chi connectivity index (χ1v) is 13.7. The van der Waals surface area contributed by atoms with Gasteiger partial charge in [-0.2, -0.15) is 4.98 Å². The number of urea groups is 1. The Labute approximate surface area is 247 Å². The van der Waals surface area contributed by atoms with E-state index in [0.717, 1.165) is 11.0 Å². The summed E-state index contributed by atoms with van der Waals surface area (Å²) in [5.41, 5.74) is 0.609. The van der Waals surface area contributed by atoms with Crippen molar-refractivity contribution in [1.82, 2.24) is 29.7 Å². The molecule has 1 saturated heterocycles. The maximum Gasteiger partial charge on any atom is 0.346 e. The van der Waals surface area contributed by atoms with Gasteiger partial charge in [-0.25, -0.2) is 19.2 Å². The van der Waals surface area contributed by atoms with Crippen LogP contribution in [-0.4, -0.2) is 66.6 Å². The molecule has 0 saturated carbocycles. The highest BCUT2D eigenvalue weighted by molar-refractivity contribution is 6.40. The number of nitrogens with zero attached hydrogens (tertiary/aromatic N) is 3. The number of aliphatic carboxylic acids is 1. The van der Waals surface area contributed by atoms with Gasteiger partial charge >= 0.3 is 23.4 Å². The minimum atomic E-state index is -1.42. The SMILES string of the molecule is O=C(Nc1nc(=O)[nH]cc1CC(NC(=O)N1CCC(n2c(=O)[nH]c3ccccc32)CC1)C(=O)O)c1c(Cl)cccc1Cl. The molecule has 0 bridgehead atoms. The molecule has 2 aromatic heterocycles. The fourth-order valence-corrected chi connectivity index (χ4v) is 5.56. The van der Waals surface area contributed by atoms with E-state index in [1.807, 2.05) is 24.3 Å². The monoisotopic (exact) mass is 613 g/mol. The Morgan fingerprint density at radius 1 is 1.05 bits per heavy atom. The van der Waals surface area contributed by atoms with Crippen LogP contribution in [0.2, 0.25) is 10.0 Å². The summed E-state index contributed by atoms with van der Waals surface area (Å²) in [7, 11) is 0. The van der Waals surface area contributed by atoms with Crippen LogP contribution in [0.15, 0.2) is 58.3 Å². The number of carbonyl (C=O) groups excluding carboxylic acids is 2. The van der Waals surface area contributed by atoms with Crippen molar-refractivity contribution in [2.24, 2.45) is 0 Å². The molecule has 3 heterocycles. The summed E-state index contributed by atoms with van der Waals surface area (Å²) in [5.74, 6) is -2.29. The van der Waals surface area contributed by atoms with Gasteiger partial charge in [-0.1, -0.05) is 41.4 Å². The van der Waals surface area contributed by atoms with Crippen LogP contribution in [0.25, 0.3) is 11.0 Å². The van der Waals surface area contributed by atoms with Crippen molar-refractivity contribution in [3.05, 3.63) is 90.8 Å². The van der Waals surface area contributed by atoms with Gasteiger partial charge in [0.25, 0.3) is 5.91 Å². The van der Waals surface area contributed by atoms with Gasteiger partial charge in [0, 0.05) is 37.3 Å². The van der Waals surface area contributed by atoms with E-state index in [9.17, 15) is 29.1 Å². The van der Waals surface area contributed by atoms with Crippen molar-refractivity contribution in [3.63, 3.8) is 0 Å². The fourth-order valence-electron chi connectivity index (χ4n) is 5.00. The first kappa shape index (κ1) is 28.9. The third-order valence-corrected chi connectivity index (χ3v) is 7.70. The zero-order valence-electron chi connectivity index (χ0n) is 21.9. The van der Waals surface area contributed by atoms with Crippen LogP contribution in [0.4, 0.5) is 10.6 Å². The maximum atomic E-state index is 13.1. The number of para-hydroxylation sites is 2. The molecule has 2 aromatic carbocycles. The van der Waals surface area contributed by atoms with E-state index in [-0.39, 0.29) is 45.1 Å². The van der Waals surface area contributed by atoms with E-state index in [0.29, 0.717) is 25.9 Å². The van der Waals surface area contributed by atoms with E-state index in [4.69, 9.17) is 23.2 Å². The van der Waals surface area contributed by atoms with Gasteiger partial charge in [0.15, 0.2) is 0 Å². The highest BCUT2D eigenvalue weighted by Gasteiger charge is 2.30. The minimum absolute atomic E-state index is 0.0461. The van der Waals surface area contributed by atoms with E-state index in [1.54, 1.807) is 10.6 Å². The number of anilines is 1. The molecule has 13 nitrogen and oxygen atoms in total. The molecule has 15 heteroatoms. The molecule has 3 amide bonds. The predicted molar refractivity (Wildman–Crippen MR) is 155 cm³/mol. The first-order chi connectivity index (χ1) is 20.1. The number of aromatic nitrogens is 4. The summed E-state index contributed by atoms with van der Waals surface area (Å²) in [6.45, 7) is 0.601. The van der Waals surface area contributed by atoms with E-state index in [2.05, 4.69) is 25.6 Å². The lowest BCUT2D eigenvalue weighted by Gasteiger charge is -2.33. The molecule has 5 rings (SSSR count). The van der Waals surface area contributed by atoms with Crippen LogP contribution in [0.5, 0.6) is 0 Å². The summed E-state index contributed by atoms with van der Waals surface area (Å²) in [6.07, 6.45) is 1.90. The number of H-pyrrole nitrogens is 2.